The average molecular weight is 1240 g/mol. The van der Waals surface area contributed by atoms with Gasteiger partial charge in [0, 0.05) is 44.4 Å². The fourth-order valence-electron chi connectivity index (χ4n) is 8.12. The number of hydrogen-bond donors (Lipinski definition) is 2. The van der Waals surface area contributed by atoms with E-state index in [4.69, 9.17) is 26.2 Å². The van der Waals surface area contributed by atoms with Crippen LogP contribution in [0, 0.1) is 41.0 Å². The maximum Gasteiger partial charge on any atom is 0.345 e. The van der Waals surface area contributed by atoms with Gasteiger partial charge in [-0.1, -0.05) is 41.5 Å². The number of benzene rings is 4. The smallest absolute Gasteiger partial charge is 0.345 e. The van der Waals surface area contributed by atoms with E-state index in [2.05, 4.69) is 4.98 Å². The number of halogens is 5. The van der Waals surface area contributed by atoms with Crippen LogP contribution >= 0.6 is 11.6 Å². The minimum Gasteiger partial charge on any atom is -0.477 e. The molecule has 0 unspecified atom stereocenters. The first-order valence-electron chi connectivity index (χ1n) is 26.8. The molecule has 0 spiro atoms. The molecule has 8 aromatic rings. The number of H-pyrrole nitrogens is 1. The van der Waals surface area contributed by atoms with Gasteiger partial charge >= 0.3 is 40.7 Å². The second-order valence-corrected chi connectivity index (χ2v) is 20.5. The molecule has 8 rings (SSSR count). The van der Waals surface area contributed by atoms with Crippen molar-refractivity contribution in [1.29, 1.82) is 0 Å². The second-order valence-electron chi connectivity index (χ2n) is 20.1. The first kappa shape index (κ1) is 68.5. The zero-order valence-corrected chi connectivity index (χ0v) is 49.3. The monoisotopic (exact) mass is 1240 g/mol. The fraction of sp³-hybridized carbons (Fsp3) is 0.267. The van der Waals surface area contributed by atoms with E-state index in [1.54, 1.807) is 13.8 Å². The number of nitrogens with one attached hydrogen (secondary N) is 1. The highest BCUT2D eigenvalue weighted by atomic mass is 35.5. The number of aromatic amines is 1. The molecule has 0 aliphatic carbocycles. The van der Waals surface area contributed by atoms with Gasteiger partial charge in [0.1, 0.15) is 45.5 Å². The predicted molar refractivity (Wildman–Crippen MR) is 315 cm³/mol. The number of aromatic nitrogens is 8. The summed E-state index contributed by atoms with van der Waals surface area (Å²) < 4.78 is 68.5. The first-order chi connectivity index (χ1) is 41.5. The minimum atomic E-state index is -1.42. The maximum absolute atomic E-state index is 13.1. The molecule has 4 aromatic carbocycles. The maximum atomic E-state index is 13.1. The number of esters is 2. The van der Waals surface area contributed by atoms with E-state index in [-0.39, 0.29) is 77.0 Å². The summed E-state index contributed by atoms with van der Waals surface area (Å²) >= 11 is 5.43. The summed E-state index contributed by atoms with van der Waals surface area (Å²) in [5.41, 5.74) is -6.65. The molecule has 0 saturated carbocycles. The van der Waals surface area contributed by atoms with E-state index in [1.165, 1.54) is 74.6 Å². The van der Waals surface area contributed by atoms with Crippen LogP contribution in [0.15, 0.2) is 160 Å². The third-order valence-electron chi connectivity index (χ3n) is 11.9. The van der Waals surface area contributed by atoms with Gasteiger partial charge in [0.15, 0.2) is 0 Å². The van der Waals surface area contributed by atoms with Gasteiger partial charge in [0.25, 0.3) is 27.5 Å². The van der Waals surface area contributed by atoms with Gasteiger partial charge in [-0.25, -0.2) is 69.4 Å². The van der Waals surface area contributed by atoms with E-state index in [9.17, 15) is 75.1 Å². The molecule has 23 nitrogen and oxygen atoms in total. The Morgan fingerprint density at radius 2 is 0.716 bits per heavy atom. The molecule has 0 atom stereocenters. The number of ether oxygens (including phenoxy) is 2. The average Bonchev–Trinajstić information content (AvgIpc) is 2.45. The Kier molecular flexibility index (Phi) is 23.9. The molecule has 4 heterocycles. The summed E-state index contributed by atoms with van der Waals surface area (Å²) in [4.78, 5) is 147. The van der Waals surface area contributed by atoms with Gasteiger partial charge < -0.3 is 19.6 Å². The van der Waals surface area contributed by atoms with Crippen molar-refractivity contribution in [3.8, 4) is 22.7 Å². The van der Waals surface area contributed by atoms with Crippen LogP contribution in [0.5, 0.6) is 0 Å². The van der Waals surface area contributed by atoms with Crippen molar-refractivity contribution in [2.45, 2.75) is 75.0 Å². The van der Waals surface area contributed by atoms with Gasteiger partial charge in [-0.2, -0.15) is 0 Å². The lowest BCUT2D eigenvalue weighted by Crippen LogP contribution is -2.42. The van der Waals surface area contributed by atoms with Gasteiger partial charge in [-0.3, -0.25) is 37.7 Å². The van der Waals surface area contributed by atoms with Crippen molar-refractivity contribution in [2.75, 3.05) is 13.2 Å². The van der Waals surface area contributed by atoms with E-state index in [0.29, 0.717) is 13.1 Å². The molecule has 88 heavy (non-hydrogen) atoms. The number of carboxylic acid groups (broad SMARTS) is 1. The summed E-state index contributed by atoms with van der Waals surface area (Å²) in [5, 5.41) is 8.20. The van der Waals surface area contributed by atoms with Crippen LogP contribution in [-0.4, -0.2) is 78.4 Å². The first-order valence-corrected chi connectivity index (χ1v) is 27.1. The summed E-state index contributed by atoms with van der Waals surface area (Å²) in [6, 6.07) is 19.2. The lowest BCUT2D eigenvalue weighted by Gasteiger charge is -2.14. The predicted octanol–water partition coefficient (Wildman–Crippen LogP) is 6.48. The summed E-state index contributed by atoms with van der Waals surface area (Å²) in [7, 11) is 0. The van der Waals surface area contributed by atoms with Crippen LogP contribution in [-0.2, 0) is 29.1 Å². The molecule has 28 heteroatoms. The Morgan fingerprint density at radius 1 is 0.443 bits per heavy atom. The molecule has 0 saturated heterocycles. The standard InChI is InChI=1S/C17H19FN2O4.C15H14ClFN2O3.C15H15FN2O4.C13H11FN2O4/c1-4-24-16(22)14-10-19(9-11(2)3)17(23)20(15(14)21)13-7-5-12(18)6-8-13;1-9(2)7-18-8-12(13(16)20)14(21)19(15(18)22)11-5-3-10(17)4-6-11;1-9(2)7-17-8-12(14(20)21)13(19)18(15(17)22)11-5-3-10(16)4-6-11;1-2-20-12(18)10-7-15-13(19)16(11(10)17)9-5-3-8(14)4-6-9/h5-8,10-11H,4,9H2,1-3H3;3-6,8-9H,7H2,1-2H3;3-6,8-9H,7H2,1-2H3,(H,20,21);3-7H,2H2,1H3,(H,15,19). The van der Waals surface area contributed by atoms with Gasteiger partial charge in [0.2, 0.25) is 0 Å². The molecule has 4 aromatic heterocycles. The summed E-state index contributed by atoms with van der Waals surface area (Å²) in [5.74, 6) is -4.72. The molecular weight excluding hydrogens is 1180 g/mol. The molecule has 0 aliphatic heterocycles. The molecule has 0 amide bonds. The summed E-state index contributed by atoms with van der Waals surface area (Å²) in [6.45, 7) is 15.7. The highest BCUT2D eigenvalue weighted by molar-refractivity contribution is 6.67. The van der Waals surface area contributed by atoms with E-state index in [1.807, 2.05) is 41.5 Å². The number of hydrogen-bond acceptors (Lipinski definition) is 14. The van der Waals surface area contributed by atoms with Crippen molar-refractivity contribution < 1.29 is 51.3 Å². The van der Waals surface area contributed by atoms with Crippen LogP contribution in [0.4, 0.5) is 17.6 Å². The van der Waals surface area contributed by atoms with Crippen molar-refractivity contribution >= 4 is 34.8 Å². The lowest BCUT2D eigenvalue weighted by atomic mass is 10.2. The van der Waals surface area contributed by atoms with Crippen LogP contribution < -0.4 is 45.0 Å². The molecule has 0 fully saturated rings. The van der Waals surface area contributed by atoms with Crippen LogP contribution in [0.25, 0.3) is 22.7 Å². The van der Waals surface area contributed by atoms with Crippen molar-refractivity contribution in [2.24, 2.45) is 17.8 Å². The zero-order chi connectivity index (χ0) is 65.4. The summed E-state index contributed by atoms with van der Waals surface area (Å²) in [6.07, 6.45) is 4.44. The topological polar surface area (TPSA) is 294 Å². The lowest BCUT2D eigenvalue weighted by molar-refractivity contribution is 0.0513. The van der Waals surface area contributed by atoms with Gasteiger partial charge in [-0.15, -0.1) is 0 Å². The molecule has 0 bridgehead atoms. The molecule has 464 valence electrons. The number of rotatable bonds is 16. The molecule has 0 aliphatic rings. The number of nitrogens with zero attached hydrogens (tertiary/aromatic N) is 7. The van der Waals surface area contributed by atoms with Crippen molar-refractivity contribution in [3.05, 3.63) is 251 Å². The van der Waals surface area contributed by atoms with Crippen LogP contribution in [0.2, 0.25) is 0 Å². The fourth-order valence-corrected chi connectivity index (χ4v) is 8.24. The Hall–Kier alpha value is -10.3. The Morgan fingerprint density at radius 3 is 1.02 bits per heavy atom. The van der Waals surface area contributed by atoms with Gasteiger partial charge in [0.05, 0.1) is 36.0 Å². The quantitative estimate of drug-likeness (QED) is 0.0595. The SMILES string of the molecule is CC(C)Cn1cc(C(=O)Cl)c(=O)n(-c2ccc(F)cc2)c1=O.CC(C)Cn1cc(C(=O)O)c(=O)n(-c2ccc(F)cc2)c1=O.CCOC(=O)c1c[nH]c(=O)n(-c2ccc(F)cc2)c1=O.CCOC(=O)c1cn(CC(C)C)c(=O)n(-c2ccc(F)cc2)c1=O. The highest BCUT2D eigenvalue weighted by Crippen LogP contribution is 2.11. The molecule has 0 radical (unpaired) electrons. The third-order valence-corrected chi connectivity index (χ3v) is 12.1. The normalized spacial score (nSPS) is 10.8. The second kappa shape index (κ2) is 30.7. The van der Waals surface area contributed by atoms with Gasteiger partial charge in [-0.05, 0) is 140 Å². The van der Waals surface area contributed by atoms with E-state index < -0.39 is 97.0 Å². The highest BCUT2D eigenvalue weighted by Gasteiger charge is 2.23. The van der Waals surface area contributed by atoms with Crippen molar-refractivity contribution in [1.82, 2.24) is 37.0 Å². The zero-order valence-electron chi connectivity index (χ0n) is 48.5. The molecular formula is C60H59ClF4N8O15. The number of carbonyl (C=O) groups excluding carboxylic acids is 3. The number of carbonyl (C=O) groups is 4. The Bertz CT molecular complexity index is 4210. The third kappa shape index (κ3) is 17.2. The Labute approximate surface area is 500 Å². The Balaban J connectivity index is 0.000000214. The van der Waals surface area contributed by atoms with Crippen molar-refractivity contribution in [3.63, 3.8) is 0 Å². The largest absolute Gasteiger partial charge is 0.477 e. The molecule has 2 N–H and O–H groups in total. The number of carboxylic acids is 1. The minimum absolute atomic E-state index is 0.0820. The van der Waals surface area contributed by atoms with Crippen LogP contribution in [0.3, 0.4) is 0 Å². The van der Waals surface area contributed by atoms with E-state index >= 15 is 0 Å². The van der Waals surface area contributed by atoms with Crippen LogP contribution in [0.1, 0.15) is 96.8 Å². The van der Waals surface area contributed by atoms with E-state index in [0.717, 1.165) is 79.2 Å². The number of aromatic carboxylic acids is 1.